The van der Waals surface area contributed by atoms with Crippen LogP contribution in [0.1, 0.15) is 56.8 Å². The van der Waals surface area contributed by atoms with E-state index < -0.39 is 0 Å². The molecule has 0 spiro atoms. The normalized spacial score (nSPS) is 20.3. The van der Waals surface area contributed by atoms with Gasteiger partial charge in [-0.05, 0) is 19.8 Å². The summed E-state index contributed by atoms with van der Waals surface area (Å²) >= 11 is 6.27. The van der Waals surface area contributed by atoms with Crippen LogP contribution in [0.2, 0.25) is 5.15 Å². The molecule has 1 saturated heterocycles. The Kier molecular flexibility index (Phi) is 5.22. The van der Waals surface area contributed by atoms with E-state index in [1.54, 1.807) is 0 Å². The molecule has 1 aliphatic heterocycles. The van der Waals surface area contributed by atoms with Crippen LogP contribution in [0.15, 0.2) is 0 Å². The Labute approximate surface area is 126 Å². The molecule has 0 aromatic carbocycles. The third-order valence-corrected chi connectivity index (χ3v) is 4.32. The van der Waals surface area contributed by atoms with Crippen molar-refractivity contribution >= 4 is 17.4 Å². The van der Waals surface area contributed by atoms with Gasteiger partial charge in [0.2, 0.25) is 0 Å². The molecule has 20 heavy (non-hydrogen) atoms. The first-order valence-corrected chi connectivity index (χ1v) is 7.84. The van der Waals surface area contributed by atoms with Crippen LogP contribution in [-0.2, 0) is 0 Å². The molecule has 5 heteroatoms. The van der Waals surface area contributed by atoms with Crippen LogP contribution in [0.25, 0.3) is 0 Å². The third kappa shape index (κ3) is 3.23. The van der Waals surface area contributed by atoms with Crippen molar-refractivity contribution in [3.63, 3.8) is 0 Å². The molecular formula is C15H24ClN3O. The van der Waals surface area contributed by atoms with Gasteiger partial charge in [-0.2, -0.15) is 0 Å². The lowest BCUT2D eigenvalue weighted by Crippen LogP contribution is -2.39. The molecule has 4 nitrogen and oxygen atoms in total. The van der Waals surface area contributed by atoms with E-state index in [1.165, 1.54) is 6.42 Å². The second-order valence-corrected chi connectivity index (χ2v) is 6.21. The Bertz CT molecular complexity index is 465. The fourth-order valence-corrected chi connectivity index (χ4v) is 2.85. The summed E-state index contributed by atoms with van der Waals surface area (Å²) < 4.78 is 0. The lowest BCUT2D eigenvalue weighted by atomic mass is 10.1. The number of anilines is 1. The second-order valence-electron chi connectivity index (χ2n) is 5.86. The number of hydrogen-bond acceptors (Lipinski definition) is 4. The van der Waals surface area contributed by atoms with Crippen molar-refractivity contribution in [1.82, 2.24) is 9.97 Å². The van der Waals surface area contributed by atoms with Gasteiger partial charge in [0.05, 0.1) is 12.6 Å². The minimum atomic E-state index is 0.141. The maximum Gasteiger partial charge on any atom is 0.137 e. The maximum absolute atomic E-state index is 9.67. The van der Waals surface area contributed by atoms with Gasteiger partial charge < -0.3 is 10.0 Å². The highest BCUT2D eigenvalue weighted by Gasteiger charge is 2.25. The smallest absolute Gasteiger partial charge is 0.137 e. The minimum absolute atomic E-state index is 0.141. The number of aliphatic hydroxyl groups is 1. The fourth-order valence-electron chi connectivity index (χ4n) is 2.68. The number of rotatable bonds is 3. The number of halogens is 1. The Morgan fingerprint density at radius 1 is 1.30 bits per heavy atom. The SMILES string of the molecule is Cc1c(Cl)nc(C(C)C)nc1N1CCCCCC1CO. The summed E-state index contributed by atoms with van der Waals surface area (Å²) in [4.78, 5) is 11.3. The molecule has 0 bridgehead atoms. The lowest BCUT2D eigenvalue weighted by Gasteiger charge is -2.31. The molecule has 1 N–H and O–H groups in total. The van der Waals surface area contributed by atoms with Gasteiger partial charge in [-0.1, -0.05) is 38.3 Å². The molecule has 1 aliphatic rings. The summed E-state index contributed by atoms with van der Waals surface area (Å²) in [5, 5.41) is 10.2. The molecule has 1 fully saturated rings. The molecule has 2 rings (SSSR count). The molecule has 1 atom stereocenters. The molecular weight excluding hydrogens is 274 g/mol. The maximum atomic E-state index is 9.67. The summed E-state index contributed by atoms with van der Waals surface area (Å²) in [7, 11) is 0. The molecule has 1 aromatic heterocycles. The van der Waals surface area contributed by atoms with E-state index >= 15 is 0 Å². The number of hydrogen-bond donors (Lipinski definition) is 1. The van der Waals surface area contributed by atoms with Crippen molar-refractivity contribution in [3.05, 3.63) is 16.5 Å². The van der Waals surface area contributed by atoms with E-state index in [4.69, 9.17) is 16.6 Å². The predicted molar refractivity (Wildman–Crippen MR) is 82.6 cm³/mol. The first-order chi connectivity index (χ1) is 9.54. The molecule has 0 amide bonds. The van der Waals surface area contributed by atoms with Crippen LogP contribution in [0.3, 0.4) is 0 Å². The Morgan fingerprint density at radius 2 is 2.05 bits per heavy atom. The lowest BCUT2D eigenvalue weighted by molar-refractivity contribution is 0.254. The van der Waals surface area contributed by atoms with Gasteiger partial charge in [0.15, 0.2) is 0 Å². The van der Waals surface area contributed by atoms with Crippen LogP contribution in [-0.4, -0.2) is 34.3 Å². The van der Waals surface area contributed by atoms with Crippen molar-refractivity contribution in [1.29, 1.82) is 0 Å². The number of aliphatic hydroxyl groups excluding tert-OH is 1. The standard InChI is InChI=1S/C15H24ClN3O/c1-10(2)14-17-13(16)11(3)15(18-14)19-8-6-4-5-7-12(19)9-20/h10,12,20H,4-9H2,1-3H3. The zero-order chi connectivity index (χ0) is 14.7. The topological polar surface area (TPSA) is 49.2 Å². The van der Waals surface area contributed by atoms with Crippen molar-refractivity contribution in [2.24, 2.45) is 0 Å². The Hall–Kier alpha value is -0.870. The highest BCUT2D eigenvalue weighted by Crippen LogP contribution is 2.30. The molecule has 0 radical (unpaired) electrons. The summed E-state index contributed by atoms with van der Waals surface area (Å²) in [5.41, 5.74) is 0.913. The van der Waals surface area contributed by atoms with E-state index in [0.29, 0.717) is 5.15 Å². The van der Waals surface area contributed by atoms with Gasteiger partial charge >= 0.3 is 0 Å². The highest BCUT2D eigenvalue weighted by atomic mass is 35.5. The first-order valence-electron chi connectivity index (χ1n) is 7.46. The van der Waals surface area contributed by atoms with Crippen LogP contribution in [0.4, 0.5) is 5.82 Å². The predicted octanol–water partition coefficient (Wildman–Crippen LogP) is 3.30. The first kappa shape index (κ1) is 15.5. The average Bonchev–Trinajstić information content (AvgIpc) is 2.66. The zero-order valence-electron chi connectivity index (χ0n) is 12.6. The van der Waals surface area contributed by atoms with Gasteiger partial charge in [0.1, 0.15) is 16.8 Å². The van der Waals surface area contributed by atoms with Crippen LogP contribution in [0, 0.1) is 6.92 Å². The fraction of sp³-hybridized carbons (Fsp3) is 0.733. The van der Waals surface area contributed by atoms with Crippen LogP contribution >= 0.6 is 11.6 Å². The van der Waals surface area contributed by atoms with Crippen molar-refractivity contribution in [2.75, 3.05) is 18.1 Å². The van der Waals surface area contributed by atoms with E-state index in [9.17, 15) is 5.11 Å². The summed E-state index contributed by atoms with van der Waals surface area (Å²) in [6.07, 6.45) is 4.52. The zero-order valence-corrected chi connectivity index (χ0v) is 13.3. The van der Waals surface area contributed by atoms with Gasteiger partial charge in [-0.25, -0.2) is 9.97 Å². The summed E-state index contributed by atoms with van der Waals surface area (Å²) in [6, 6.07) is 0.141. The van der Waals surface area contributed by atoms with Crippen molar-refractivity contribution < 1.29 is 5.11 Å². The van der Waals surface area contributed by atoms with Gasteiger partial charge in [-0.3, -0.25) is 0 Å². The van der Waals surface area contributed by atoms with E-state index in [-0.39, 0.29) is 18.6 Å². The second kappa shape index (κ2) is 6.72. The van der Waals surface area contributed by atoms with E-state index in [1.807, 2.05) is 6.92 Å². The summed E-state index contributed by atoms with van der Waals surface area (Å²) in [5.74, 6) is 1.91. The molecule has 1 unspecified atom stereocenters. The van der Waals surface area contributed by atoms with Crippen molar-refractivity contribution in [3.8, 4) is 0 Å². The van der Waals surface area contributed by atoms with Gasteiger partial charge in [0, 0.05) is 18.0 Å². The van der Waals surface area contributed by atoms with E-state index in [2.05, 4.69) is 23.7 Å². The highest BCUT2D eigenvalue weighted by molar-refractivity contribution is 6.30. The Balaban J connectivity index is 2.42. The quantitative estimate of drug-likeness (QED) is 0.870. The average molecular weight is 298 g/mol. The van der Waals surface area contributed by atoms with Crippen LogP contribution in [0.5, 0.6) is 0 Å². The number of nitrogens with zero attached hydrogens (tertiary/aromatic N) is 3. The molecule has 0 aliphatic carbocycles. The Morgan fingerprint density at radius 3 is 2.70 bits per heavy atom. The van der Waals surface area contributed by atoms with Gasteiger partial charge in [-0.15, -0.1) is 0 Å². The summed E-state index contributed by atoms with van der Waals surface area (Å²) in [6.45, 7) is 7.18. The third-order valence-electron chi connectivity index (χ3n) is 3.95. The molecule has 0 saturated carbocycles. The van der Waals surface area contributed by atoms with E-state index in [0.717, 1.165) is 43.0 Å². The largest absolute Gasteiger partial charge is 0.394 e. The van der Waals surface area contributed by atoms with Gasteiger partial charge in [0.25, 0.3) is 0 Å². The molecule has 112 valence electrons. The number of aromatic nitrogens is 2. The molecule has 2 heterocycles. The molecule has 1 aromatic rings. The monoisotopic (exact) mass is 297 g/mol. The van der Waals surface area contributed by atoms with Crippen LogP contribution < -0.4 is 4.90 Å². The van der Waals surface area contributed by atoms with Crippen molar-refractivity contribution in [2.45, 2.75) is 58.4 Å². The minimum Gasteiger partial charge on any atom is -0.394 e.